The minimum atomic E-state index is -0.979. The molecule has 0 aliphatic heterocycles. The predicted octanol–water partition coefficient (Wildman–Crippen LogP) is 3.17. The monoisotopic (exact) mass is 387 g/mol. The molecule has 0 aliphatic carbocycles. The number of esters is 2. The van der Waals surface area contributed by atoms with Crippen molar-refractivity contribution in [3.05, 3.63) is 52.3 Å². The second-order valence-corrected chi connectivity index (χ2v) is 6.42. The number of ether oxygens (including phenoxy) is 3. The minimum Gasteiger partial charge on any atom is -0.496 e. The van der Waals surface area contributed by atoms with E-state index in [1.165, 1.54) is 14.0 Å². The lowest BCUT2D eigenvalue weighted by molar-refractivity contribution is -0.146. The van der Waals surface area contributed by atoms with Gasteiger partial charge in [-0.05, 0) is 44.4 Å². The summed E-state index contributed by atoms with van der Waals surface area (Å²) in [6.45, 7) is 4.84. The molecule has 1 aromatic heterocycles. The van der Waals surface area contributed by atoms with Gasteiger partial charge in [0.1, 0.15) is 5.75 Å². The molecule has 0 fully saturated rings. The number of ketones is 1. The molecule has 1 N–H and O–H groups in total. The van der Waals surface area contributed by atoms with Gasteiger partial charge in [0.2, 0.25) is 5.78 Å². The van der Waals surface area contributed by atoms with Crippen molar-refractivity contribution in [1.82, 2.24) is 4.98 Å². The van der Waals surface area contributed by atoms with Crippen molar-refractivity contribution in [2.75, 3.05) is 14.2 Å². The molecule has 2 rings (SSSR count). The van der Waals surface area contributed by atoms with E-state index in [0.29, 0.717) is 29.0 Å². The first-order valence-electron chi connectivity index (χ1n) is 8.93. The average Bonchev–Trinajstić information content (AvgIpc) is 2.99. The van der Waals surface area contributed by atoms with Gasteiger partial charge in [0.25, 0.3) is 0 Å². The van der Waals surface area contributed by atoms with Gasteiger partial charge in [-0.15, -0.1) is 0 Å². The Balaban J connectivity index is 2.02. The number of hydrogen-bond donors (Lipinski definition) is 1. The molecular formula is C21H25NO6. The molecule has 7 nitrogen and oxygen atoms in total. The van der Waals surface area contributed by atoms with E-state index < -0.39 is 23.8 Å². The van der Waals surface area contributed by atoms with Crippen LogP contribution in [-0.2, 0) is 20.7 Å². The fraction of sp³-hybridized carbons (Fsp3) is 0.381. The Labute approximate surface area is 164 Å². The van der Waals surface area contributed by atoms with Gasteiger partial charge in [-0.3, -0.25) is 9.59 Å². The summed E-state index contributed by atoms with van der Waals surface area (Å²) >= 11 is 0. The molecule has 2 aromatic rings. The molecule has 0 amide bonds. The third kappa shape index (κ3) is 4.60. The lowest BCUT2D eigenvalue weighted by atomic mass is 10.1. The highest BCUT2D eigenvalue weighted by Gasteiger charge is 2.27. The highest BCUT2D eigenvalue weighted by Crippen LogP contribution is 2.22. The smallest absolute Gasteiger partial charge is 0.339 e. The first kappa shape index (κ1) is 21.2. The van der Waals surface area contributed by atoms with Crippen molar-refractivity contribution in [3.63, 3.8) is 0 Å². The van der Waals surface area contributed by atoms with Crippen LogP contribution in [0.25, 0.3) is 0 Å². The quantitative estimate of drug-likeness (QED) is 0.552. The molecular weight excluding hydrogens is 362 g/mol. The third-order valence-corrected chi connectivity index (χ3v) is 4.54. The number of hydrogen-bond acceptors (Lipinski definition) is 6. The zero-order chi connectivity index (χ0) is 20.8. The van der Waals surface area contributed by atoms with Crippen molar-refractivity contribution in [1.29, 1.82) is 0 Å². The molecule has 7 heteroatoms. The molecule has 0 saturated heterocycles. The van der Waals surface area contributed by atoms with Gasteiger partial charge in [0.15, 0.2) is 6.10 Å². The standard InChI is InChI=1S/C21H25NO6/c1-12-18(21(25)27-5)13(2)22-19(12)20(24)14(3)28-17(23)11-10-15-8-6-7-9-16(15)26-4/h6-9,14,22H,10-11H2,1-5H3/t14-/m1/s1. The summed E-state index contributed by atoms with van der Waals surface area (Å²) in [5.41, 5.74) is 2.46. The van der Waals surface area contributed by atoms with Crippen LogP contribution in [0.1, 0.15) is 51.0 Å². The van der Waals surface area contributed by atoms with Gasteiger partial charge < -0.3 is 19.2 Å². The van der Waals surface area contributed by atoms with Crippen LogP contribution in [0.5, 0.6) is 5.75 Å². The lowest BCUT2D eigenvalue weighted by Crippen LogP contribution is -2.25. The number of benzene rings is 1. The second-order valence-electron chi connectivity index (χ2n) is 6.42. The number of aromatic nitrogens is 1. The fourth-order valence-electron chi connectivity index (χ4n) is 3.06. The summed E-state index contributed by atoms with van der Waals surface area (Å²) in [7, 11) is 2.85. The summed E-state index contributed by atoms with van der Waals surface area (Å²) in [5.74, 6) is -0.707. The number of H-pyrrole nitrogens is 1. The molecule has 0 saturated carbocycles. The highest BCUT2D eigenvalue weighted by molar-refractivity contribution is 6.03. The number of carbonyl (C=O) groups is 3. The number of rotatable bonds is 8. The minimum absolute atomic E-state index is 0.119. The van der Waals surface area contributed by atoms with E-state index >= 15 is 0 Å². The lowest BCUT2D eigenvalue weighted by Gasteiger charge is -2.13. The first-order valence-corrected chi connectivity index (χ1v) is 8.93. The Morgan fingerprint density at radius 2 is 1.79 bits per heavy atom. The van der Waals surface area contributed by atoms with Gasteiger partial charge >= 0.3 is 11.9 Å². The Kier molecular flexibility index (Phi) is 6.98. The van der Waals surface area contributed by atoms with E-state index in [-0.39, 0.29) is 12.1 Å². The Morgan fingerprint density at radius 1 is 1.11 bits per heavy atom. The summed E-state index contributed by atoms with van der Waals surface area (Å²) in [6.07, 6.45) is -0.419. The van der Waals surface area contributed by atoms with E-state index in [1.54, 1.807) is 21.0 Å². The summed E-state index contributed by atoms with van der Waals surface area (Å²) < 4.78 is 15.3. The van der Waals surface area contributed by atoms with Crippen LogP contribution in [0.4, 0.5) is 0 Å². The Bertz CT molecular complexity index is 883. The van der Waals surface area contributed by atoms with Crippen molar-refractivity contribution in [3.8, 4) is 5.75 Å². The predicted molar refractivity (Wildman–Crippen MR) is 103 cm³/mol. The first-order chi connectivity index (χ1) is 13.3. The summed E-state index contributed by atoms with van der Waals surface area (Å²) in [5, 5.41) is 0. The number of aryl methyl sites for hydroxylation is 2. The van der Waals surface area contributed by atoms with E-state index in [1.807, 2.05) is 24.3 Å². The molecule has 1 aromatic carbocycles. The second kappa shape index (κ2) is 9.21. The van der Waals surface area contributed by atoms with Crippen molar-refractivity contribution < 1.29 is 28.6 Å². The van der Waals surface area contributed by atoms with Crippen molar-refractivity contribution >= 4 is 17.7 Å². The Hall–Kier alpha value is -3.09. The van der Waals surface area contributed by atoms with Crippen LogP contribution in [0.15, 0.2) is 24.3 Å². The van der Waals surface area contributed by atoms with Crippen molar-refractivity contribution in [2.45, 2.75) is 39.7 Å². The number of nitrogens with one attached hydrogen (secondary N) is 1. The third-order valence-electron chi connectivity index (χ3n) is 4.54. The largest absolute Gasteiger partial charge is 0.496 e. The van der Waals surface area contributed by atoms with Crippen molar-refractivity contribution in [2.24, 2.45) is 0 Å². The van der Waals surface area contributed by atoms with Crippen LogP contribution >= 0.6 is 0 Å². The molecule has 1 heterocycles. The molecule has 0 aliphatic rings. The van der Waals surface area contributed by atoms with Gasteiger partial charge in [-0.1, -0.05) is 18.2 Å². The van der Waals surface area contributed by atoms with Crippen LogP contribution < -0.4 is 4.74 Å². The number of carbonyl (C=O) groups excluding carboxylic acids is 3. The van der Waals surface area contributed by atoms with Crippen LogP contribution in [-0.4, -0.2) is 43.0 Å². The maximum absolute atomic E-state index is 12.7. The summed E-state index contributed by atoms with van der Waals surface area (Å²) in [4.78, 5) is 39.6. The van der Waals surface area contributed by atoms with Crippen LogP contribution in [0.3, 0.4) is 0 Å². The van der Waals surface area contributed by atoms with E-state index in [2.05, 4.69) is 4.98 Å². The highest BCUT2D eigenvalue weighted by atomic mass is 16.5. The average molecular weight is 387 g/mol. The molecule has 0 radical (unpaired) electrons. The molecule has 0 unspecified atom stereocenters. The zero-order valence-electron chi connectivity index (χ0n) is 16.8. The molecule has 150 valence electrons. The fourth-order valence-corrected chi connectivity index (χ4v) is 3.06. The van der Waals surface area contributed by atoms with E-state index in [4.69, 9.17) is 14.2 Å². The topological polar surface area (TPSA) is 94.7 Å². The van der Waals surface area contributed by atoms with E-state index in [9.17, 15) is 14.4 Å². The van der Waals surface area contributed by atoms with Gasteiger partial charge in [-0.25, -0.2) is 4.79 Å². The Morgan fingerprint density at radius 3 is 2.43 bits per heavy atom. The molecule has 28 heavy (non-hydrogen) atoms. The molecule has 0 spiro atoms. The SMILES string of the molecule is COC(=O)c1c(C)[nH]c(C(=O)[C@@H](C)OC(=O)CCc2ccccc2OC)c1C. The zero-order valence-corrected chi connectivity index (χ0v) is 16.8. The number of Topliss-reactive ketones (excluding diaryl/α,β-unsaturated/α-hetero) is 1. The van der Waals surface area contributed by atoms with Gasteiger partial charge in [-0.2, -0.15) is 0 Å². The maximum Gasteiger partial charge on any atom is 0.339 e. The van der Waals surface area contributed by atoms with Crippen LogP contribution in [0.2, 0.25) is 0 Å². The molecule has 0 bridgehead atoms. The van der Waals surface area contributed by atoms with Gasteiger partial charge in [0.05, 0.1) is 25.5 Å². The number of aromatic amines is 1. The van der Waals surface area contributed by atoms with Gasteiger partial charge in [0, 0.05) is 12.1 Å². The number of para-hydroxylation sites is 1. The normalized spacial score (nSPS) is 11.6. The maximum atomic E-state index is 12.7. The van der Waals surface area contributed by atoms with E-state index in [0.717, 1.165) is 5.56 Å². The van der Waals surface area contributed by atoms with Crippen LogP contribution in [0, 0.1) is 13.8 Å². The number of methoxy groups -OCH3 is 2. The molecule has 1 atom stereocenters. The summed E-state index contributed by atoms with van der Waals surface area (Å²) in [6, 6.07) is 7.41.